The van der Waals surface area contributed by atoms with Crippen molar-refractivity contribution in [2.45, 2.75) is 50.2 Å². The van der Waals surface area contributed by atoms with E-state index in [1.165, 1.54) is 11.8 Å². The maximum atomic E-state index is 13.6. The van der Waals surface area contributed by atoms with Crippen LogP contribution in [0, 0.1) is 0 Å². The van der Waals surface area contributed by atoms with Crippen molar-refractivity contribution < 1.29 is 9.53 Å². The van der Waals surface area contributed by atoms with Gasteiger partial charge in [0.1, 0.15) is 5.60 Å². The minimum absolute atomic E-state index is 0.162. The Kier molecular flexibility index (Phi) is 6.27. The van der Waals surface area contributed by atoms with Gasteiger partial charge in [-0.2, -0.15) is 10.2 Å². The summed E-state index contributed by atoms with van der Waals surface area (Å²) in [6.07, 6.45) is 3.43. The van der Waals surface area contributed by atoms with Crippen LogP contribution in [0.15, 0.2) is 58.7 Å². The number of para-hydroxylation sites is 1. The Morgan fingerprint density at radius 1 is 1.16 bits per heavy atom. The van der Waals surface area contributed by atoms with Gasteiger partial charge in [0.2, 0.25) is 0 Å². The summed E-state index contributed by atoms with van der Waals surface area (Å²) < 4.78 is 7.12. The molecular formula is C23H25N5O3S. The molecule has 4 rings (SSSR count). The first kappa shape index (κ1) is 22.0. The monoisotopic (exact) mass is 451 g/mol. The first-order chi connectivity index (χ1) is 15.3. The average molecular weight is 452 g/mol. The van der Waals surface area contributed by atoms with Crippen molar-refractivity contribution in [2.24, 2.45) is 0 Å². The van der Waals surface area contributed by atoms with Crippen LogP contribution in [0.5, 0.6) is 0 Å². The number of hydrogen-bond acceptors (Lipinski definition) is 7. The van der Waals surface area contributed by atoms with Crippen LogP contribution >= 0.6 is 11.8 Å². The van der Waals surface area contributed by atoms with Crippen LogP contribution in [0.2, 0.25) is 0 Å². The molecule has 0 saturated carbocycles. The lowest BCUT2D eigenvalue weighted by Crippen LogP contribution is -2.43. The Hall–Kier alpha value is -3.20. The molecule has 1 aliphatic rings. The summed E-state index contributed by atoms with van der Waals surface area (Å²) >= 11 is 1.48. The predicted molar refractivity (Wildman–Crippen MR) is 122 cm³/mol. The number of benzene rings is 1. The number of hydrogen-bond donors (Lipinski definition) is 0. The van der Waals surface area contributed by atoms with Crippen LogP contribution in [0.4, 0.5) is 4.79 Å². The minimum Gasteiger partial charge on any atom is -0.444 e. The fraction of sp³-hybridized carbons (Fsp3) is 0.348. The van der Waals surface area contributed by atoms with Crippen LogP contribution < -0.4 is 5.56 Å². The normalized spacial score (nSPS) is 13.5. The minimum atomic E-state index is -0.595. The van der Waals surface area contributed by atoms with E-state index >= 15 is 0 Å². The van der Waals surface area contributed by atoms with Crippen molar-refractivity contribution in [1.29, 1.82) is 0 Å². The van der Waals surface area contributed by atoms with Gasteiger partial charge in [0.25, 0.3) is 5.56 Å². The lowest BCUT2D eigenvalue weighted by molar-refractivity contribution is 0.0221. The van der Waals surface area contributed by atoms with Gasteiger partial charge in [-0.15, -0.1) is 0 Å². The summed E-state index contributed by atoms with van der Waals surface area (Å²) in [6.45, 7) is 6.13. The first-order valence-corrected chi connectivity index (χ1v) is 11.4. The molecule has 0 aliphatic carbocycles. The zero-order chi connectivity index (χ0) is 22.7. The van der Waals surface area contributed by atoms with Crippen LogP contribution in [0.3, 0.4) is 0 Å². The van der Waals surface area contributed by atoms with E-state index < -0.39 is 11.7 Å². The zero-order valence-electron chi connectivity index (χ0n) is 18.3. The molecule has 2 aromatic heterocycles. The Morgan fingerprint density at radius 2 is 1.94 bits per heavy atom. The fourth-order valence-electron chi connectivity index (χ4n) is 3.39. The van der Waals surface area contributed by atoms with Crippen LogP contribution in [-0.2, 0) is 23.5 Å². The number of rotatable bonds is 4. The molecule has 3 heterocycles. The third-order valence-electron chi connectivity index (χ3n) is 4.88. The molecule has 166 valence electrons. The molecule has 0 N–H and O–H groups in total. The fourth-order valence-corrected chi connectivity index (χ4v) is 4.35. The standard InChI is InChI=1S/C23H25N5O3S/c1-23(2,3)31-22(30)27-12-10-19-18(14-27)20(29)28(17-7-5-4-6-8-17)21(26-19)32-15-16-9-11-24-25-13-16/h4-9,11,13H,10,12,14-15H2,1-3H3. The van der Waals surface area contributed by atoms with Crippen molar-refractivity contribution in [3.8, 4) is 5.69 Å². The van der Waals surface area contributed by atoms with Gasteiger partial charge < -0.3 is 9.64 Å². The Labute approximate surface area is 190 Å². The summed E-state index contributed by atoms with van der Waals surface area (Å²) in [5.41, 5.74) is 2.23. The van der Waals surface area contributed by atoms with Crippen LogP contribution in [-0.4, -0.2) is 42.9 Å². The highest BCUT2D eigenvalue weighted by Crippen LogP contribution is 2.26. The number of aromatic nitrogens is 4. The van der Waals surface area contributed by atoms with Gasteiger partial charge in [0.15, 0.2) is 5.16 Å². The second kappa shape index (κ2) is 9.12. The summed E-state index contributed by atoms with van der Waals surface area (Å²) in [5.74, 6) is 0.609. The van der Waals surface area contributed by atoms with Crippen molar-refractivity contribution in [3.63, 3.8) is 0 Å². The molecule has 3 aromatic rings. The third kappa shape index (κ3) is 4.99. The van der Waals surface area contributed by atoms with E-state index in [-0.39, 0.29) is 12.1 Å². The van der Waals surface area contributed by atoms with Gasteiger partial charge in [0, 0.05) is 24.9 Å². The summed E-state index contributed by atoms with van der Waals surface area (Å²) in [5, 5.41) is 8.34. The van der Waals surface area contributed by atoms with E-state index in [2.05, 4.69) is 10.2 Å². The zero-order valence-corrected chi connectivity index (χ0v) is 19.1. The number of amides is 1. The number of nitrogens with zero attached hydrogens (tertiary/aromatic N) is 5. The number of fused-ring (bicyclic) bond motifs is 1. The second-order valence-corrected chi connectivity index (χ2v) is 9.43. The summed E-state index contributed by atoms with van der Waals surface area (Å²) in [6, 6.07) is 11.3. The van der Waals surface area contributed by atoms with Crippen molar-refractivity contribution in [2.75, 3.05) is 6.54 Å². The van der Waals surface area contributed by atoms with Gasteiger partial charge in [-0.25, -0.2) is 9.78 Å². The molecule has 0 bridgehead atoms. The van der Waals surface area contributed by atoms with Crippen molar-refractivity contribution in [3.05, 3.63) is 76.0 Å². The van der Waals surface area contributed by atoms with E-state index in [0.29, 0.717) is 29.4 Å². The highest BCUT2D eigenvalue weighted by molar-refractivity contribution is 7.98. The number of ether oxygens (including phenoxy) is 1. The first-order valence-electron chi connectivity index (χ1n) is 10.4. The van der Waals surface area contributed by atoms with E-state index in [4.69, 9.17) is 9.72 Å². The average Bonchev–Trinajstić information content (AvgIpc) is 2.77. The SMILES string of the molecule is CC(C)(C)OC(=O)N1CCc2nc(SCc3ccnnc3)n(-c3ccccc3)c(=O)c2C1. The molecule has 0 fully saturated rings. The lowest BCUT2D eigenvalue weighted by Gasteiger charge is -2.31. The second-order valence-electron chi connectivity index (χ2n) is 8.49. The lowest BCUT2D eigenvalue weighted by atomic mass is 10.1. The molecule has 9 heteroatoms. The molecule has 0 unspecified atom stereocenters. The molecule has 0 atom stereocenters. The maximum Gasteiger partial charge on any atom is 0.410 e. The highest BCUT2D eigenvalue weighted by atomic mass is 32.2. The smallest absolute Gasteiger partial charge is 0.410 e. The van der Waals surface area contributed by atoms with Gasteiger partial charge >= 0.3 is 6.09 Å². The van der Waals surface area contributed by atoms with E-state index in [9.17, 15) is 9.59 Å². The summed E-state index contributed by atoms with van der Waals surface area (Å²) in [7, 11) is 0. The Balaban J connectivity index is 1.70. The molecular weight excluding hydrogens is 426 g/mol. The highest BCUT2D eigenvalue weighted by Gasteiger charge is 2.29. The summed E-state index contributed by atoms with van der Waals surface area (Å²) in [4.78, 5) is 32.6. The number of carbonyl (C=O) groups excluding carboxylic acids is 1. The quantitative estimate of drug-likeness (QED) is 0.442. The molecule has 0 radical (unpaired) electrons. The molecule has 1 amide bonds. The van der Waals surface area contributed by atoms with Gasteiger partial charge in [-0.1, -0.05) is 30.0 Å². The van der Waals surface area contributed by atoms with E-state index in [0.717, 1.165) is 16.9 Å². The Morgan fingerprint density at radius 3 is 2.62 bits per heavy atom. The van der Waals surface area contributed by atoms with Crippen molar-refractivity contribution in [1.82, 2.24) is 24.6 Å². The largest absolute Gasteiger partial charge is 0.444 e. The molecule has 0 spiro atoms. The number of thioether (sulfide) groups is 1. The van der Waals surface area contributed by atoms with Crippen LogP contribution in [0.1, 0.15) is 37.6 Å². The van der Waals surface area contributed by atoms with E-state index in [1.54, 1.807) is 21.9 Å². The molecule has 1 aliphatic heterocycles. The Bertz CT molecular complexity index is 1160. The van der Waals surface area contributed by atoms with E-state index in [1.807, 2.05) is 57.2 Å². The van der Waals surface area contributed by atoms with Gasteiger partial charge in [0.05, 0.1) is 29.7 Å². The third-order valence-corrected chi connectivity index (χ3v) is 5.89. The predicted octanol–water partition coefficient (Wildman–Crippen LogP) is 3.61. The van der Waals surface area contributed by atoms with Crippen molar-refractivity contribution >= 4 is 17.9 Å². The van der Waals surface area contributed by atoms with Crippen LogP contribution in [0.25, 0.3) is 5.69 Å². The van der Waals surface area contributed by atoms with Gasteiger partial charge in [-0.05, 0) is 44.5 Å². The maximum absolute atomic E-state index is 13.6. The molecule has 8 nitrogen and oxygen atoms in total. The number of carbonyl (C=O) groups is 1. The molecule has 0 saturated heterocycles. The topological polar surface area (TPSA) is 90.2 Å². The van der Waals surface area contributed by atoms with Gasteiger partial charge in [-0.3, -0.25) is 9.36 Å². The molecule has 32 heavy (non-hydrogen) atoms. The molecule has 1 aromatic carbocycles.